The first-order chi connectivity index (χ1) is 6.79. The Balaban J connectivity index is 3.23. The van der Waals surface area contributed by atoms with Crippen LogP contribution in [0.1, 0.15) is 11.1 Å². The van der Waals surface area contributed by atoms with Crippen molar-refractivity contribution in [2.75, 3.05) is 0 Å². The number of benzene rings is 1. The average molecular weight is 220 g/mol. The first-order valence-corrected chi connectivity index (χ1v) is 3.80. The number of hydrogen-bond donors (Lipinski definition) is 0. The van der Waals surface area contributed by atoms with E-state index in [1.54, 1.807) is 0 Å². The zero-order valence-corrected chi connectivity index (χ0v) is 7.28. The van der Waals surface area contributed by atoms with Crippen molar-refractivity contribution in [3.05, 3.63) is 35.4 Å². The summed E-state index contributed by atoms with van der Waals surface area (Å²) in [4.78, 5) is 0. The molecule has 0 heterocycles. The minimum absolute atomic E-state index is 0.0172. The van der Waals surface area contributed by atoms with Crippen LogP contribution in [0.15, 0.2) is 24.3 Å². The van der Waals surface area contributed by atoms with Crippen molar-refractivity contribution in [3.63, 3.8) is 0 Å². The lowest BCUT2D eigenvalue weighted by Gasteiger charge is -2.19. The number of hydrogen-bond acceptors (Lipinski definition) is 0. The van der Waals surface area contributed by atoms with Gasteiger partial charge >= 0.3 is 12.1 Å². The largest absolute Gasteiger partial charge is 0.458 e. The van der Waals surface area contributed by atoms with Crippen LogP contribution >= 0.6 is 0 Å². The molecule has 1 aromatic carbocycles. The summed E-state index contributed by atoms with van der Waals surface area (Å²) in [5, 5.41) is 0. The molecule has 0 aliphatic carbocycles. The molecule has 0 amide bonds. The van der Waals surface area contributed by atoms with Crippen LogP contribution < -0.4 is 0 Å². The first-order valence-electron chi connectivity index (χ1n) is 3.80. The second-order valence-corrected chi connectivity index (χ2v) is 2.80. The third kappa shape index (κ3) is 2.09. The van der Waals surface area contributed by atoms with Crippen molar-refractivity contribution < 1.29 is 22.0 Å². The zero-order valence-electron chi connectivity index (χ0n) is 7.28. The van der Waals surface area contributed by atoms with Crippen LogP contribution in [0.3, 0.4) is 0 Å². The van der Waals surface area contributed by atoms with E-state index >= 15 is 0 Å². The highest BCUT2D eigenvalue weighted by atomic mass is 19.4. The van der Waals surface area contributed by atoms with E-state index in [0.717, 1.165) is 6.07 Å². The monoisotopic (exact) mass is 220 g/mol. The van der Waals surface area contributed by atoms with Gasteiger partial charge in [-0.1, -0.05) is 18.1 Å². The van der Waals surface area contributed by atoms with Gasteiger partial charge in [-0.25, -0.2) is 0 Å². The number of terminal acetylenes is 1. The van der Waals surface area contributed by atoms with Crippen molar-refractivity contribution >= 4 is 0 Å². The van der Waals surface area contributed by atoms with Gasteiger partial charge in [0.25, 0.3) is 0 Å². The molecule has 0 radical (unpaired) electrons. The van der Waals surface area contributed by atoms with Crippen molar-refractivity contribution in [2.45, 2.75) is 12.1 Å². The molecule has 0 saturated carbocycles. The van der Waals surface area contributed by atoms with E-state index in [4.69, 9.17) is 6.42 Å². The van der Waals surface area contributed by atoms with Crippen molar-refractivity contribution in [3.8, 4) is 12.3 Å². The molecule has 0 aromatic heterocycles. The Labute approximate surface area is 82.7 Å². The summed E-state index contributed by atoms with van der Waals surface area (Å²) in [5.74, 6) is -2.88. The first kappa shape index (κ1) is 11.5. The number of halogens is 5. The lowest BCUT2D eigenvalue weighted by molar-refractivity contribution is -0.289. The highest BCUT2D eigenvalue weighted by Gasteiger charge is 2.58. The fourth-order valence-electron chi connectivity index (χ4n) is 0.968. The predicted molar refractivity (Wildman–Crippen MR) is 44.3 cm³/mol. The Kier molecular flexibility index (Phi) is 2.71. The molecule has 80 valence electrons. The van der Waals surface area contributed by atoms with E-state index < -0.39 is 17.7 Å². The van der Waals surface area contributed by atoms with Crippen molar-refractivity contribution in [2.24, 2.45) is 0 Å². The summed E-state index contributed by atoms with van der Waals surface area (Å²) in [6.45, 7) is 0. The number of alkyl halides is 5. The quantitative estimate of drug-likeness (QED) is 0.503. The molecule has 0 N–H and O–H groups in total. The lowest BCUT2D eigenvalue weighted by atomic mass is 10.1. The molecular weight excluding hydrogens is 215 g/mol. The molecule has 0 fully saturated rings. The van der Waals surface area contributed by atoms with Gasteiger partial charge < -0.3 is 0 Å². The van der Waals surface area contributed by atoms with E-state index in [9.17, 15) is 22.0 Å². The summed E-state index contributed by atoms with van der Waals surface area (Å²) < 4.78 is 61.4. The Morgan fingerprint density at radius 1 is 1.07 bits per heavy atom. The zero-order chi connectivity index (χ0) is 11.7. The number of rotatable bonds is 1. The van der Waals surface area contributed by atoms with Gasteiger partial charge in [-0.3, -0.25) is 0 Å². The van der Waals surface area contributed by atoms with Crippen LogP contribution in [0.25, 0.3) is 0 Å². The lowest BCUT2D eigenvalue weighted by Crippen LogP contribution is -2.33. The minimum atomic E-state index is -5.61. The Bertz CT molecular complexity index is 397. The Morgan fingerprint density at radius 2 is 1.67 bits per heavy atom. The van der Waals surface area contributed by atoms with Crippen LogP contribution in [-0.4, -0.2) is 6.18 Å². The molecule has 0 bridgehead atoms. The van der Waals surface area contributed by atoms with Crippen LogP contribution in [0.4, 0.5) is 22.0 Å². The molecule has 0 aliphatic rings. The molecule has 0 atom stereocenters. The van der Waals surface area contributed by atoms with Crippen molar-refractivity contribution in [1.29, 1.82) is 0 Å². The molecule has 0 spiro atoms. The SMILES string of the molecule is C#Cc1cccc(C(F)(F)C(F)(F)F)c1. The Hall–Kier alpha value is -1.57. The van der Waals surface area contributed by atoms with Gasteiger partial charge in [-0.05, 0) is 12.1 Å². The van der Waals surface area contributed by atoms with Gasteiger partial charge in [0.15, 0.2) is 0 Å². The maximum atomic E-state index is 12.8. The fourth-order valence-corrected chi connectivity index (χ4v) is 0.968. The van der Waals surface area contributed by atoms with Gasteiger partial charge in [-0.15, -0.1) is 6.42 Å². The van der Waals surface area contributed by atoms with E-state index in [1.165, 1.54) is 6.07 Å². The van der Waals surface area contributed by atoms with Crippen LogP contribution in [-0.2, 0) is 5.92 Å². The van der Waals surface area contributed by atoms with Gasteiger partial charge in [0.2, 0.25) is 0 Å². The Morgan fingerprint density at radius 3 is 2.13 bits per heavy atom. The average Bonchev–Trinajstić information content (AvgIpc) is 2.16. The van der Waals surface area contributed by atoms with E-state index in [2.05, 4.69) is 0 Å². The molecular formula is C10H5F5. The van der Waals surface area contributed by atoms with Crippen LogP contribution in [0.5, 0.6) is 0 Å². The molecule has 0 saturated heterocycles. The summed E-state index contributed by atoms with van der Waals surface area (Å²) in [6, 6.07) is 3.67. The van der Waals surface area contributed by atoms with Crippen molar-refractivity contribution in [1.82, 2.24) is 0 Å². The van der Waals surface area contributed by atoms with E-state index in [-0.39, 0.29) is 5.56 Å². The molecule has 15 heavy (non-hydrogen) atoms. The highest BCUT2D eigenvalue weighted by molar-refractivity contribution is 5.37. The summed E-state index contributed by atoms with van der Waals surface area (Å²) >= 11 is 0. The fraction of sp³-hybridized carbons (Fsp3) is 0.200. The predicted octanol–water partition coefficient (Wildman–Crippen LogP) is 3.32. The van der Waals surface area contributed by atoms with Gasteiger partial charge in [0, 0.05) is 11.1 Å². The van der Waals surface area contributed by atoms with Crippen LogP contribution in [0.2, 0.25) is 0 Å². The smallest absolute Gasteiger partial charge is 0.191 e. The second-order valence-electron chi connectivity index (χ2n) is 2.80. The molecule has 0 aliphatic heterocycles. The van der Waals surface area contributed by atoms with Gasteiger partial charge in [0.05, 0.1) is 0 Å². The maximum Gasteiger partial charge on any atom is 0.458 e. The standard InChI is InChI=1S/C10H5F5/c1-2-7-4-3-5-8(6-7)9(11,12)10(13,14)15/h1,3-6H. The van der Waals surface area contributed by atoms with Crippen LogP contribution in [0, 0.1) is 12.3 Å². The van der Waals surface area contributed by atoms with Gasteiger partial charge in [-0.2, -0.15) is 22.0 Å². The minimum Gasteiger partial charge on any atom is -0.191 e. The third-order valence-electron chi connectivity index (χ3n) is 1.75. The van der Waals surface area contributed by atoms with E-state index in [0.29, 0.717) is 12.1 Å². The topological polar surface area (TPSA) is 0 Å². The molecule has 1 aromatic rings. The van der Waals surface area contributed by atoms with E-state index in [1.807, 2.05) is 5.92 Å². The third-order valence-corrected chi connectivity index (χ3v) is 1.75. The summed E-state index contributed by atoms with van der Waals surface area (Å²) in [5.41, 5.74) is -1.16. The summed E-state index contributed by atoms with van der Waals surface area (Å²) in [7, 11) is 0. The normalized spacial score (nSPS) is 12.3. The molecule has 0 unspecified atom stereocenters. The molecule has 1 rings (SSSR count). The summed E-state index contributed by atoms with van der Waals surface area (Å²) in [6.07, 6.45) is -0.716. The molecule has 5 heteroatoms. The molecule has 0 nitrogen and oxygen atoms in total. The van der Waals surface area contributed by atoms with Gasteiger partial charge in [0.1, 0.15) is 0 Å². The maximum absolute atomic E-state index is 12.8. The second kappa shape index (κ2) is 3.54. The highest BCUT2D eigenvalue weighted by Crippen LogP contribution is 2.43.